The van der Waals surface area contributed by atoms with Gasteiger partial charge in [-0.1, -0.05) is 47.3 Å². The maximum atomic E-state index is 13.0. The van der Waals surface area contributed by atoms with Crippen molar-refractivity contribution in [3.8, 4) is 11.5 Å². The molecule has 0 saturated carbocycles. The number of aromatic nitrogens is 4. The quantitative estimate of drug-likeness (QED) is 0.356. The highest BCUT2D eigenvalue weighted by atomic mass is 32.2. The average molecular weight is 392 g/mol. The van der Waals surface area contributed by atoms with Gasteiger partial charge in [0.25, 0.3) is 11.4 Å². The molecule has 4 rings (SSSR count). The Morgan fingerprint density at radius 1 is 0.964 bits per heavy atom. The van der Waals surface area contributed by atoms with Crippen molar-refractivity contribution in [1.29, 1.82) is 0 Å². The molecule has 0 amide bonds. The van der Waals surface area contributed by atoms with Crippen molar-refractivity contribution in [3.63, 3.8) is 0 Å². The molecule has 28 heavy (non-hydrogen) atoms. The van der Waals surface area contributed by atoms with E-state index in [1.165, 1.54) is 11.8 Å². The number of nitrogens with zero attached hydrogens (tertiary/aromatic N) is 4. The summed E-state index contributed by atoms with van der Waals surface area (Å²) in [4.78, 5) is 22.2. The number of thioether (sulfide) groups is 1. The maximum absolute atomic E-state index is 13.0. The van der Waals surface area contributed by atoms with Crippen molar-refractivity contribution in [2.75, 3.05) is 0 Å². The van der Waals surface area contributed by atoms with Crippen LogP contribution in [0.25, 0.3) is 22.4 Å². The zero-order chi connectivity index (χ0) is 19.7. The molecule has 0 unspecified atom stereocenters. The largest absolute Gasteiger partial charge is 0.334 e. The summed E-state index contributed by atoms with van der Waals surface area (Å²) in [6.07, 6.45) is 0. The molecule has 0 N–H and O–H groups in total. The molecule has 0 fully saturated rings. The summed E-state index contributed by atoms with van der Waals surface area (Å²) in [5, 5.41) is 5.27. The minimum Gasteiger partial charge on any atom is -0.334 e. The third kappa shape index (κ3) is 3.45. The lowest BCUT2D eigenvalue weighted by atomic mass is 10.2. The molecule has 1 atom stereocenters. The highest BCUT2D eigenvalue weighted by molar-refractivity contribution is 7.99. The van der Waals surface area contributed by atoms with Gasteiger partial charge in [0, 0.05) is 11.6 Å². The third-order valence-corrected chi connectivity index (χ3v) is 5.46. The predicted molar refractivity (Wildman–Crippen MR) is 110 cm³/mol. The lowest BCUT2D eigenvalue weighted by Gasteiger charge is -2.17. The first-order valence-corrected chi connectivity index (χ1v) is 9.99. The van der Waals surface area contributed by atoms with Crippen LogP contribution in [0, 0.1) is 0 Å². The molecule has 7 heteroatoms. The van der Waals surface area contributed by atoms with Gasteiger partial charge in [-0.3, -0.25) is 9.36 Å². The van der Waals surface area contributed by atoms with Gasteiger partial charge in [-0.2, -0.15) is 4.98 Å². The monoisotopic (exact) mass is 392 g/mol. The van der Waals surface area contributed by atoms with E-state index in [2.05, 4.69) is 10.1 Å². The Balaban J connectivity index is 1.69. The first-order chi connectivity index (χ1) is 13.5. The topological polar surface area (TPSA) is 73.8 Å². The minimum absolute atomic E-state index is 0.00976. The van der Waals surface area contributed by atoms with Crippen LogP contribution in [0.15, 0.2) is 69.1 Å². The molecule has 6 nitrogen and oxygen atoms in total. The van der Waals surface area contributed by atoms with Crippen LogP contribution in [-0.2, 0) is 0 Å². The Morgan fingerprint density at radius 3 is 2.43 bits per heavy atom. The van der Waals surface area contributed by atoms with E-state index in [1.807, 2.05) is 75.4 Å². The van der Waals surface area contributed by atoms with E-state index in [4.69, 9.17) is 9.51 Å². The summed E-state index contributed by atoms with van der Waals surface area (Å²) in [6.45, 7) is 5.94. The van der Waals surface area contributed by atoms with Gasteiger partial charge in [0.05, 0.1) is 16.2 Å². The van der Waals surface area contributed by atoms with E-state index >= 15 is 0 Å². The van der Waals surface area contributed by atoms with E-state index in [0.717, 1.165) is 5.56 Å². The lowest BCUT2D eigenvalue weighted by molar-refractivity contribution is 0.422. The Morgan fingerprint density at radius 2 is 1.68 bits per heavy atom. The van der Waals surface area contributed by atoms with Crippen molar-refractivity contribution < 1.29 is 4.52 Å². The molecule has 4 aromatic rings. The lowest BCUT2D eigenvalue weighted by Crippen LogP contribution is -2.25. The summed E-state index contributed by atoms with van der Waals surface area (Å²) in [6, 6.07) is 17.1. The first kappa shape index (κ1) is 18.4. The van der Waals surface area contributed by atoms with E-state index in [1.54, 1.807) is 4.57 Å². The zero-order valence-electron chi connectivity index (χ0n) is 15.9. The summed E-state index contributed by atoms with van der Waals surface area (Å²) < 4.78 is 7.14. The average Bonchev–Trinajstić information content (AvgIpc) is 3.19. The molecular weight excluding hydrogens is 372 g/mol. The molecule has 2 aromatic carbocycles. The molecule has 0 saturated heterocycles. The summed E-state index contributed by atoms with van der Waals surface area (Å²) in [5.41, 5.74) is 1.53. The Hall–Kier alpha value is -2.93. The van der Waals surface area contributed by atoms with Gasteiger partial charge in [-0.15, -0.1) is 0 Å². The van der Waals surface area contributed by atoms with Crippen molar-refractivity contribution >= 4 is 22.7 Å². The van der Waals surface area contributed by atoms with Gasteiger partial charge in [-0.25, -0.2) is 4.98 Å². The van der Waals surface area contributed by atoms with Crippen LogP contribution in [0.4, 0.5) is 0 Å². The Bertz CT molecular complexity index is 1170. The first-order valence-electron chi connectivity index (χ1n) is 9.11. The fourth-order valence-electron chi connectivity index (χ4n) is 2.97. The molecule has 0 aliphatic heterocycles. The van der Waals surface area contributed by atoms with E-state index in [-0.39, 0.29) is 16.9 Å². The fraction of sp³-hybridized carbons (Fsp3) is 0.238. The van der Waals surface area contributed by atoms with Gasteiger partial charge < -0.3 is 4.52 Å². The second-order valence-electron chi connectivity index (χ2n) is 6.76. The normalized spacial score (nSPS) is 12.6. The molecule has 0 radical (unpaired) electrons. The van der Waals surface area contributed by atoms with Gasteiger partial charge in [-0.05, 0) is 45.0 Å². The molecule has 0 aliphatic rings. The number of fused-ring (bicyclic) bond motifs is 1. The SMILES string of the molecule is CC(C)n1c(S[C@H](C)c2noc(-c3ccccc3)n2)nc2ccccc2c1=O. The van der Waals surface area contributed by atoms with Crippen LogP contribution in [-0.4, -0.2) is 19.7 Å². The van der Waals surface area contributed by atoms with Gasteiger partial charge in [0.15, 0.2) is 11.0 Å². The van der Waals surface area contributed by atoms with Gasteiger partial charge >= 0.3 is 0 Å². The van der Waals surface area contributed by atoms with E-state index < -0.39 is 0 Å². The zero-order valence-corrected chi connectivity index (χ0v) is 16.7. The number of hydrogen-bond acceptors (Lipinski definition) is 6. The number of rotatable bonds is 5. The number of para-hydroxylation sites is 1. The smallest absolute Gasteiger partial charge is 0.262 e. The van der Waals surface area contributed by atoms with Crippen molar-refractivity contribution in [2.24, 2.45) is 0 Å². The molecular formula is C21H20N4O2S. The third-order valence-electron chi connectivity index (χ3n) is 4.40. The molecule has 0 bridgehead atoms. The van der Waals surface area contributed by atoms with Crippen molar-refractivity contribution in [3.05, 3.63) is 70.8 Å². The van der Waals surface area contributed by atoms with E-state index in [0.29, 0.717) is 27.8 Å². The highest BCUT2D eigenvalue weighted by Crippen LogP contribution is 2.34. The minimum atomic E-state index is -0.126. The second-order valence-corrected chi connectivity index (χ2v) is 8.07. The maximum Gasteiger partial charge on any atom is 0.262 e. The van der Waals surface area contributed by atoms with Crippen LogP contribution in [0.2, 0.25) is 0 Å². The molecule has 2 aromatic heterocycles. The van der Waals surface area contributed by atoms with Crippen molar-refractivity contribution in [2.45, 2.75) is 37.2 Å². The molecule has 2 heterocycles. The van der Waals surface area contributed by atoms with Gasteiger partial charge in [0.1, 0.15) is 0 Å². The second kappa shape index (κ2) is 7.59. The predicted octanol–water partition coefficient (Wildman–Crippen LogP) is 4.88. The van der Waals surface area contributed by atoms with Gasteiger partial charge in [0.2, 0.25) is 0 Å². The molecule has 142 valence electrons. The number of benzene rings is 2. The van der Waals surface area contributed by atoms with Crippen LogP contribution >= 0.6 is 11.8 Å². The highest BCUT2D eigenvalue weighted by Gasteiger charge is 2.21. The fourth-order valence-corrected chi connectivity index (χ4v) is 4.05. The Labute approximate surface area is 166 Å². The summed E-state index contributed by atoms with van der Waals surface area (Å²) in [7, 11) is 0. The summed E-state index contributed by atoms with van der Waals surface area (Å²) >= 11 is 1.46. The van der Waals surface area contributed by atoms with Crippen LogP contribution < -0.4 is 5.56 Å². The number of hydrogen-bond donors (Lipinski definition) is 0. The standard InChI is InChI=1S/C21H20N4O2S/c1-13(2)25-20(26)16-11-7-8-12-17(16)22-21(25)28-14(3)18-23-19(27-24-18)15-9-5-4-6-10-15/h4-14H,1-3H3/t14-/m1/s1. The van der Waals surface area contributed by atoms with Crippen LogP contribution in [0.1, 0.15) is 37.9 Å². The Kier molecular flexibility index (Phi) is 5.00. The van der Waals surface area contributed by atoms with Crippen LogP contribution in [0.3, 0.4) is 0 Å². The summed E-state index contributed by atoms with van der Waals surface area (Å²) in [5.74, 6) is 1.05. The molecule has 0 spiro atoms. The van der Waals surface area contributed by atoms with E-state index in [9.17, 15) is 4.79 Å². The van der Waals surface area contributed by atoms with Crippen molar-refractivity contribution in [1.82, 2.24) is 19.7 Å². The van der Waals surface area contributed by atoms with Crippen LogP contribution in [0.5, 0.6) is 0 Å². The molecule has 0 aliphatic carbocycles.